The van der Waals surface area contributed by atoms with E-state index in [-0.39, 0.29) is 19.0 Å². The Bertz CT molecular complexity index is 159. The molecule has 0 aliphatic carbocycles. The summed E-state index contributed by atoms with van der Waals surface area (Å²) in [5.41, 5.74) is 0. The van der Waals surface area contributed by atoms with Gasteiger partial charge in [0.15, 0.2) is 0 Å². The zero-order valence-corrected chi connectivity index (χ0v) is 7.09. The van der Waals surface area contributed by atoms with Gasteiger partial charge in [0.2, 0.25) is 5.91 Å². The lowest BCUT2D eigenvalue weighted by Crippen LogP contribution is -2.36. The topological polar surface area (TPSA) is 78.4 Å². The molecule has 5 heteroatoms. The third-order valence-electron chi connectivity index (χ3n) is 1.13. The predicted octanol–water partition coefficient (Wildman–Crippen LogP) is -0.813. The van der Waals surface area contributed by atoms with Crippen molar-refractivity contribution in [3.8, 4) is 0 Å². The van der Waals surface area contributed by atoms with E-state index < -0.39 is 5.97 Å². The van der Waals surface area contributed by atoms with Crippen LogP contribution in [-0.2, 0) is 9.59 Å². The van der Waals surface area contributed by atoms with Crippen molar-refractivity contribution in [2.45, 2.75) is 13.3 Å². The highest BCUT2D eigenvalue weighted by atomic mass is 16.4. The molecule has 0 fully saturated rings. The van der Waals surface area contributed by atoms with Crippen LogP contribution >= 0.6 is 0 Å². The zero-order valence-electron chi connectivity index (χ0n) is 7.09. The first-order valence-electron chi connectivity index (χ1n) is 3.86. The van der Waals surface area contributed by atoms with Gasteiger partial charge in [0.25, 0.3) is 0 Å². The van der Waals surface area contributed by atoms with Crippen molar-refractivity contribution in [3.05, 3.63) is 0 Å². The van der Waals surface area contributed by atoms with E-state index in [9.17, 15) is 9.59 Å². The summed E-state index contributed by atoms with van der Waals surface area (Å²) in [6, 6.07) is 0. The number of carbonyl (C=O) groups excluding carboxylic acids is 1. The van der Waals surface area contributed by atoms with Crippen molar-refractivity contribution in [2.75, 3.05) is 19.6 Å². The summed E-state index contributed by atoms with van der Waals surface area (Å²) in [4.78, 5) is 20.8. The van der Waals surface area contributed by atoms with Crippen molar-refractivity contribution < 1.29 is 14.7 Å². The standard InChI is InChI=1S/C7H14N2O3/c1-2-3-9-6(10)4-8-5-7(11)12/h8H,2-5H2,1H3,(H,9,10)(H,11,12). The quantitative estimate of drug-likeness (QED) is 0.492. The molecule has 1 amide bonds. The fraction of sp³-hybridized carbons (Fsp3) is 0.714. The molecule has 0 heterocycles. The highest BCUT2D eigenvalue weighted by molar-refractivity contribution is 5.78. The molecule has 0 aromatic rings. The van der Waals surface area contributed by atoms with E-state index in [0.717, 1.165) is 6.42 Å². The van der Waals surface area contributed by atoms with E-state index in [1.807, 2.05) is 6.92 Å². The summed E-state index contributed by atoms with van der Waals surface area (Å²) in [6.07, 6.45) is 0.880. The number of hydrogen-bond donors (Lipinski definition) is 3. The van der Waals surface area contributed by atoms with E-state index >= 15 is 0 Å². The number of amides is 1. The maximum absolute atomic E-state index is 10.8. The van der Waals surface area contributed by atoms with Crippen molar-refractivity contribution in [1.82, 2.24) is 10.6 Å². The first-order chi connectivity index (χ1) is 5.66. The van der Waals surface area contributed by atoms with Crippen LogP contribution in [0.4, 0.5) is 0 Å². The van der Waals surface area contributed by atoms with Gasteiger partial charge in [-0.3, -0.25) is 14.9 Å². The molecule has 70 valence electrons. The number of aliphatic carboxylic acids is 1. The third kappa shape index (κ3) is 7.01. The summed E-state index contributed by atoms with van der Waals surface area (Å²) in [5, 5.41) is 13.3. The van der Waals surface area contributed by atoms with Gasteiger partial charge in [-0.1, -0.05) is 6.92 Å². The predicted molar refractivity (Wildman–Crippen MR) is 43.8 cm³/mol. The smallest absolute Gasteiger partial charge is 0.317 e. The molecule has 0 bridgehead atoms. The second-order valence-corrected chi connectivity index (χ2v) is 2.35. The summed E-state index contributed by atoms with van der Waals surface area (Å²) in [7, 11) is 0. The Morgan fingerprint density at radius 2 is 2.00 bits per heavy atom. The van der Waals surface area contributed by atoms with E-state index in [4.69, 9.17) is 5.11 Å². The van der Waals surface area contributed by atoms with Crippen LogP contribution in [0.15, 0.2) is 0 Å². The number of hydrogen-bond acceptors (Lipinski definition) is 3. The van der Waals surface area contributed by atoms with Crippen molar-refractivity contribution >= 4 is 11.9 Å². The Labute approximate surface area is 71.1 Å². The lowest BCUT2D eigenvalue weighted by atomic mass is 10.4. The number of carboxylic acids is 1. The molecule has 0 aliphatic rings. The maximum Gasteiger partial charge on any atom is 0.317 e. The zero-order chi connectivity index (χ0) is 9.40. The van der Waals surface area contributed by atoms with Crippen molar-refractivity contribution in [1.29, 1.82) is 0 Å². The van der Waals surface area contributed by atoms with Crippen LogP contribution in [0.1, 0.15) is 13.3 Å². The lowest BCUT2D eigenvalue weighted by molar-refractivity contribution is -0.136. The van der Waals surface area contributed by atoms with Gasteiger partial charge in [0.05, 0.1) is 13.1 Å². The SMILES string of the molecule is CCCNC(=O)CNCC(=O)O. The summed E-state index contributed by atoms with van der Waals surface area (Å²) in [6.45, 7) is 2.46. The Hall–Kier alpha value is -1.10. The van der Waals surface area contributed by atoms with Gasteiger partial charge >= 0.3 is 5.97 Å². The highest BCUT2D eigenvalue weighted by Crippen LogP contribution is 1.70. The van der Waals surface area contributed by atoms with Gasteiger partial charge < -0.3 is 10.4 Å². The van der Waals surface area contributed by atoms with Gasteiger partial charge in [-0.15, -0.1) is 0 Å². The van der Waals surface area contributed by atoms with Gasteiger partial charge in [-0.2, -0.15) is 0 Å². The Balaban J connectivity index is 3.25. The molecule has 0 rings (SSSR count). The molecular formula is C7H14N2O3. The largest absolute Gasteiger partial charge is 0.480 e. The molecule has 0 saturated heterocycles. The molecule has 0 spiro atoms. The maximum atomic E-state index is 10.8. The Morgan fingerprint density at radius 3 is 2.50 bits per heavy atom. The van der Waals surface area contributed by atoms with Crippen molar-refractivity contribution in [3.63, 3.8) is 0 Å². The summed E-state index contributed by atoms with van der Waals surface area (Å²) in [5.74, 6) is -1.13. The van der Waals surface area contributed by atoms with Gasteiger partial charge in [0, 0.05) is 6.54 Å². The second-order valence-electron chi connectivity index (χ2n) is 2.35. The molecule has 0 aromatic carbocycles. The minimum atomic E-state index is -0.960. The minimum absolute atomic E-state index is 0.0618. The third-order valence-corrected chi connectivity index (χ3v) is 1.13. The van der Waals surface area contributed by atoms with Crippen LogP contribution in [0.25, 0.3) is 0 Å². The minimum Gasteiger partial charge on any atom is -0.480 e. The fourth-order valence-electron chi connectivity index (χ4n) is 0.610. The van der Waals surface area contributed by atoms with Gasteiger partial charge in [-0.25, -0.2) is 0 Å². The average Bonchev–Trinajstić information content (AvgIpc) is 2.00. The number of carbonyl (C=O) groups is 2. The number of rotatable bonds is 6. The number of carboxylic acid groups (broad SMARTS) is 1. The van der Waals surface area contributed by atoms with E-state index in [2.05, 4.69) is 10.6 Å². The molecule has 0 aromatic heterocycles. The number of nitrogens with one attached hydrogen (secondary N) is 2. The molecule has 0 unspecified atom stereocenters. The molecule has 0 aliphatic heterocycles. The first kappa shape index (κ1) is 10.9. The van der Waals surface area contributed by atoms with Crippen LogP contribution < -0.4 is 10.6 Å². The molecule has 0 radical (unpaired) electrons. The molecule has 12 heavy (non-hydrogen) atoms. The second kappa shape index (κ2) is 6.60. The van der Waals surface area contributed by atoms with E-state index in [1.165, 1.54) is 0 Å². The molecule has 0 saturated carbocycles. The lowest BCUT2D eigenvalue weighted by Gasteiger charge is -2.02. The van der Waals surface area contributed by atoms with Gasteiger partial charge in [0.1, 0.15) is 0 Å². The molecule has 0 atom stereocenters. The fourth-order valence-corrected chi connectivity index (χ4v) is 0.610. The van der Waals surface area contributed by atoms with Crippen LogP contribution in [0.3, 0.4) is 0 Å². The Morgan fingerprint density at radius 1 is 1.33 bits per heavy atom. The van der Waals surface area contributed by atoms with Gasteiger partial charge in [-0.05, 0) is 6.42 Å². The van der Waals surface area contributed by atoms with Crippen LogP contribution in [-0.4, -0.2) is 36.6 Å². The first-order valence-corrected chi connectivity index (χ1v) is 3.86. The Kier molecular flexibility index (Phi) is 6.00. The molecule has 5 nitrogen and oxygen atoms in total. The highest BCUT2D eigenvalue weighted by Gasteiger charge is 2.00. The normalized spacial score (nSPS) is 9.42. The summed E-state index contributed by atoms with van der Waals surface area (Å²) < 4.78 is 0. The molecule has 3 N–H and O–H groups in total. The summed E-state index contributed by atoms with van der Waals surface area (Å²) >= 11 is 0. The van der Waals surface area contributed by atoms with Crippen LogP contribution in [0.5, 0.6) is 0 Å². The van der Waals surface area contributed by atoms with E-state index in [0.29, 0.717) is 6.54 Å². The van der Waals surface area contributed by atoms with Crippen LogP contribution in [0, 0.1) is 0 Å². The molecular weight excluding hydrogens is 160 g/mol. The van der Waals surface area contributed by atoms with Crippen LogP contribution in [0.2, 0.25) is 0 Å². The van der Waals surface area contributed by atoms with Crippen molar-refractivity contribution in [2.24, 2.45) is 0 Å². The average molecular weight is 174 g/mol. The monoisotopic (exact) mass is 174 g/mol. The van der Waals surface area contributed by atoms with E-state index in [1.54, 1.807) is 0 Å².